The van der Waals surface area contributed by atoms with Gasteiger partial charge in [-0.1, -0.05) is 44.2 Å². The van der Waals surface area contributed by atoms with Gasteiger partial charge < -0.3 is 15.7 Å². The number of aliphatic hydroxyl groups excluding tert-OH is 1. The largest absolute Gasteiger partial charge is 0.392 e. The van der Waals surface area contributed by atoms with Crippen LogP contribution in [0.4, 0.5) is 5.69 Å². The van der Waals surface area contributed by atoms with Gasteiger partial charge in [0.15, 0.2) is 0 Å². The zero-order chi connectivity index (χ0) is 17.5. The van der Waals surface area contributed by atoms with Crippen molar-refractivity contribution in [2.75, 3.05) is 5.32 Å². The van der Waals surface area contributed by atoms with E-state index in [0.29, 0.717) is 16.8 Å². The first-order valence-corrected chi connectivity index (χ1v) is 7.88. The van der Waals surface area contributed by atoms with Crippen molar-refractivity contribution in [1.82, 2.24) is 5.32 Å². The molecule has 0 bridgehead atoms. The van der Waals surface area contributed by atoms with Gasteiger partial charge in [-0.3, -0.25) is 9.59 Å². The molecule has 0 radical (unpaired) electrons. The molecule has 5 nitrogen and oxygen atoms in total. The number of hydrogen-bond donors (Lipinski definition) is 3. The van der Waals surface area contributed by atoms with Crippen LogP contribution in [-0.2, 0) is 11.4 Å². The van der Waals surface area contributed by atoms with E-state index in [1.807, 2.05) is 19.9 Å². The van der Waals surface area contributed by atoms with Crippen molar-refractivity contribution >= 4 is 17.5 Å². The summed E-state index contributed by atoms with van der Waals surface area (Å²) >= 11 is 0. The highest BCUT2D eigenvalue weighted by Gasteiger charge is 2.24. The van der Waals surface area contributed by atoms with E-state index in [1.54, 1.807) is 48.5 Å². The molecule has 1 unspecified atom stereocenters. The van der Waals surface area contributed by atoms with E-state index in [-0.39, 0.29) is 24.3 Å². The van der Waals surface area contributed by atoms with Crippen LogP contribution in [-0.4, -0.2) is 23.0 Å². The molecule has 24 heavy (non-hydrogen) atoms. The molecule has 3 N–H and O–H groups in total. The van der Waals surface area contributed by atoms with Crippen molar-refractivity contribution in [2.24, 2.45) is 5.92 Å². The molecular formula is C19H22N2O3. The van der Waals surface area contributed by atoms with E-state index in [9.17, 15) is 9.59 Å². The summed E-state index contributed by atoms with van der Waals surface area (Å²) in [5.41, 5.74) is 1.81. The zero-order valence-corrected chi connectivity index (χ0v) is 13.8. The van der Waals surface area contributed by atoms with E-state index >= 15 is 0 Å². The Morgan fingerprint density at radius 3 is 2.38 bits per heavy atom. The zero-order valence-electron chi connectivity index (χ0n) is 13.8. The van der Waals surface area contributed by atoms with Gasteiger partial charge in [0.1, 0.15) is 6.04 Å². The SMILES string of the molecule is CC(C)C(NC(=O)c1ccccc1)C(=O)Nc1cccc(CO)c1. The number of benzene rings is 2. The Balaban J connectivity index is 2.09. The maximum absolute atomic E-state index is 12.5. The molecule has 2 amide bonds. The van der Waals surface area contributed by atoms with Gasteiger partial charge in [0, 0.05) is 11.3 Å². The average Bonchev–Trinajstić information content (AvgIpc) is 2.60. The Hall–Kier alpha value is -2.66. The summed E-state index contributed by atoms with van der Waals surface area (Å²) in [7, 11) is 0. The lowest BCUT2D eigenvalue weighted by atomic mass is 10.0. The molecule has 0 aliphatic carbocycles. The number of aliphatic hydroxyl groups is 1. The second-order valence-electron chi connectivity index (χ2n) is 5.91. The van der Waals surface area contributed by atoms with Crippen LogP contribution in [0.2, 0.25) is 0 Å². The number of amides is 2. The molecule has 2 aromatic rings. The van der Waals surface area contributed by atoms with E-state index in [0.717, 1.165) is 0 Å². The molecular weight excluding hydrogens is 304 g/mol. The van der Waals surface area contributed by atoms with Crippen molar-refractivity contribution < 1.29 is 14.7 Å². The van der Waals surface area contributed by atoms with E-state index in [2.05, 4.69) is 10.6 Å². The van der Waals surface area contributed by atoms with Crippen LogP contribution in [0.5, 0.6) is 0 Å². The van der Waals surface area contributed by atoms with Crippen LogP contribution in [0.15, 0.2) is 54.6 Å². The fraction of sp³-hybridized carbons (Fsp3) is 0.263. The van der Waals surface area contributed by atoms with Crippen molar-refractivity contribution in [1.29, 1.82) is 0 Å². The molecule has 2 aromatic carbocycles. The molecule has 0 saturated heterocycles. The van der Waals surface area contributed by atoms with E-state index in [1.165, 1.54) is 0 Å². The van der Waals surface area contributed by atoms with Crippen LogP contribution in [0.3, 0.4) is 0 Å². The molecule has 0 heterocycles. The molecule has 1 atom stereocenters. The molecule has 126 valence electrons. The summed E-state index contributed by atoms with van der Waals surface area (Å²) in [6.45, 7) is 3.65. The molecule has 5 heteroatoms. The minimum absolute atomic E-state index is 0.0707. The van der Waals surface area contributed by atoms with Crippen molar-refractivity contribution in [3.05, 3.63) is 65.7 Å². The third-order valence-electron chi connectivity index (χ3n) is 3.65. The number of anilines is 1. The standard InChI is InChI=1S/C19H22N2O3/c1-13(2)17(21-18(23)15-8-4-3-5-9-15)19(24)20-16-10-6-7-14(11-16)12-22/h3-11,13,17,22H,12H2,1-2H3,(H,20,24)(H,21,23). The quantitative estimate of drug-likeness (QED) is 0.763. The Bertz CT molecular complexity index is 699. The lowest BCUT2D eigenvalue weighted by Gasteiger charge is -2.22. The summed E-state index contributed by atoms with van der Waals surface area (Å²) in [6, 6.07) is 15.1. The van der Waals surface area contributed by atoms with Gasteiger partial charge in [-0.2, -0.15) is 0 Å². The maximum atomic E-state index is 12.5. The van der Waals surface area contributed by atoms with Crippen LogP contribution in [0.25, 0.3) is 0 Å². The molecule has 0 spiro atoms. The first-order valence-electron chi connectivity index (χ1n) is 7.88. The topological polar surface area (TPSA) is 78.4 Å². The third kappa shape index (κ3) is 4.67. The monoisotopic (exact) mass is 326 g/mol. The van der Waals surface area contributed by atoms with Crippen LogP contribution < -0.4 is 10.6 Å². The Morgan fingerprint density at radius 2 is 1.75 bits per heavy atom. The Morgan fingerprint density at radius 1 is 1.04 bits per heavy atom. The summed E-state index contributed by atoms with van der Waals surface area (Å²) in [5, 5.41) is 14.7. The van der Waals surface area contributed by atoms with Crippen molar-refractivity contribution in [2.45, 2.75) is 26.5 Å². The molecule has 0 aromatic heterocycles. The normalized spacial score (nSPS) is 11.8. The molecule has 0 fully saturated rings. The number of nitrogens with one attached hydrogen (secondary N) is 2. The lowest BCUT2D eigenvalue weighted by Crippen LogP contribution is -2.47. The van der Waals surface area contributed by atoms with Gasteiger partial charge >= 0.3 is 0 Å². The molecule has 2 rings (SSSR count). The van der Waals surface area contributed by atoms with Crippen LogP contribution in [0.1, 0.15) is 29.8 Å². The first kappa shape index (κ1) is 17.7. The first-order chi connectivity index (χ1) is 11.5. The summed E-state index contributed by atoms with van der Waals surface area (Å²) in [5.74, 6) is -0.642. The highest BCUT2D eigenvalue weighted by molar-refractivity contribution is 6.01. The minimum atomic E-state index is -0.657. The lowest BCUT2D eigenvalue weighted by molar-refractivity contribution is -0.118. The number of carbonyl (C=O) groups excluding carboxylic acids is 2. The predicted octanol–water partition coefficient (Wildman–Crippen LogP) is 2.57. The minimum Gasteiger partial charge on any atom is -0.392 e. The maximum Gasteiger partial charge on any atom is 0.251 e. The second-order valence-corrected chi connectivity index (χ2v) is 5.91. The fourth-order valence-electron chi connectivity index (χ4n) is 2.32. The Labute approximate surface area is 141 Å². The van der Waals surface area contributed by atoms with Crippen LogP contribution in [0, 0.1) is 5.92 Å². The number of carbonyl (C=O) groups is 2. The Kier molecular flexibility index (Phi) is 6.09. The summed E-state index contributed by atoms with van der Waals surface area (Å²) < 4.78 is 0. The van der Waals surface area contributed by atoms with Crippen molar-refractivity contribution in [3.63, 3.8) is 0 Å². The number of rotatable bonds is 6. The molecule has 0 aliphatic rings. The highest BCUT2D eigenvalue weighted by Crippen LogP contribution is 2.13. The van der Waals surface area contributed by atoms with Gasteiger partial charge in [-0.25, -0.2) is 0 Å². The van der Waals surface area contributed by atoms with E-state index < -0.39 is 6.04 Å². The molecule has 0 saturated carbocycles. The van der Waals surface area contributed by atoms with Gasteiger partial charge in [0.05, 0.1) is 6.61 Å². The third-order valence-corrected chi connectivity index (χ3v) is 3.65. The summed E-state index contributed by atoms with van der Waals surface area (Å²) in [6.07, 6.45) is 0. The molecule has 0 aliphatic heterocycles. The smallest absolute Gasteiger partial charge is 0.251 e. The second kappa shape index (κ2) is 8.26. The van der Waals surface area contributed by atoms with Gasteiger partial charge in [-0.05, 0) is 35.7 Å². The number of hydrogen-bond acceptors (Lipinski definition) is 3. The van der Waals surface area contributed by atoms with Gasteiger partial charge in [-0.15, -0.1) is 0 Å². The van der Waals surface area contributed by atoms with E-state index in [4.69, 9.17) is 5.11 Å². The van der Waals surface area contributed by atoms with Crippen molar-refractivity contribution in [3.8, 4) is 0 Å². The fourth-order valence-corrected chi connectivity index (χ4v) is 2.32. The van der Waals surface area contributed by atoms with Gasteiger partial charge in [0.2, 0.25) is 5.91 Å². The predicted molar refractivity (Wildman–Crippen MR) is 93.5 cm³/mol. The summed E-state index contributed by atoms with van der Waals surface area (Å²) in [4.78, 5) is 24.8. The van der Waals surface area contributed by atoms with Crippen LogP contribution >= 0.6 is 0 Å². The highest BCUT2D eigenvalue weighted by atomic mass is 16.3. The van der Waals surface area contributed by atoms with Gasteiger partial charge in [0.25, 0.3) is 5.91 Å². The average molecular weight is 326 g/mol.